The average Bonchev–Trinajstić information content (AvgIpc) is 2.85. The molecule has 0 radical (unpaired) electrons. The van der Waals surface area contributed by atoms with E-state index >= 15 is 0 Å². The maximum atomic E-state index is 12.2. The summed E-state index contributed by atoms with van der Waals surface area (Å²) in [6.07, 6.45) is 6.25. The zero-order valence-electron chi connectivity index (χ0n) is 19.0. The highest BCUT2D eigenvalue weighted by Crippen LogP contribution is 2.32. The minimum absolute atomic E-state index is 0.00279. The van der Waals surface area contributed by atoms with Crippen LogP contribution in [-0.2, 0) is 4.79 Å². The second kappa shape index (κ2) is 10.4. The number of rotatable bonds is 8. The molecule has 1 aliphatic rings. The van der Waals surface area contributed by atoms with Crippen molar-refractivity contribution in [3.05, 3.63) is 48.5 Å². The molecule has 1 amide bonds. The van der Waals surface area contributed by atoms with E-state index in [0.29, 0.717) is 24.9 Å². The van der Waals surface area contributed by atoms with Gasteiger partial charge in [-0.3, -0.25) is 4.79 Å². The number of hydrogen-bond donors (Lipinski definition) is 1. The monoisotopic (exact) mass is 432 g/mol. The molecule has 1 aliphatic carbocycles. The van der Waals surface area contributed by atoms with Crippen LogP contribution in [0.2, 0.25) is 0 Å². The van der Waals surface area contributed by atoms with Crippen molar-refractivity contribution in [2.45, 2.75) is 52.0 Å². The first kappa shape index (κ1) is 22.1. The predicted molar refractivity (Wildman–Crippen MR) is 129 cm³/mol. The molecule has 1 heterocycles. The lowest BCUT2D eigenvalue weighted by Gasteiger charge is -2.23. The van der Waals surface area contributed by atoms with Crippen LogP contribution in [-0.4, -0.2) is 46.7 Å². The molecule has 6 nitrogen and oxygen atoms in total. The highest BCUT2D eigenvalue weighted by molar-refractivity contribution is 6.00. The van der Waals surface area contributed by atoms with Crippen LogP contribution in [0.25, 0.3) is 22.0 Å². The molecule has 1 N–H and O–H groups in total. The Labute approximate surface area is 190 Å². The topological polar surface area (TPSA) is 67.4 Å². The molecule has 1 aromatic heterocycles. The number of likely N-dealkylation sites (N-methyl/N-ethyl adjacent to an activating group) is 1. The Hall–Kier alpha value is -3.15. The number of hydrogen-bond acceptors (Lipinski definition) is 5. The minimum atomic E-state index is -0.00279. The number of carbonyl (C=O) groups is 1. The van der Waals surface area contributed by atoms with Gasteiger partial charge in [-0.05, 0) is 51.0 Å². The first-order valence-corrected chi connectivity index (χ1v) is 11.7. The van der Waals surface area contributed by atoms with Gasteiger partial charge in [-0.15, -0.1) is 10.2 Å². The van der Waals surface area contributed by atoms with Crippen LogP contribution in [0.15, 0.2) is 48.5 Å². The lowest BCUT2D eigenvalue weighted by Crippen LogP contribution is -2.34. The maximum Gasteiger partial charge on any atom is 0.260 e. The average molecular weight is 433 g/mol. The van der Waals surface area contributed by atoms with Crippen LogP contribution in [0.1, 0.15) is 46.0 Å². The van der Waals surface area contributed by atoms with Crippen molar-refractivity contribution in [2.75, 3.05) is 25.0 Å². The zero-order valence-corrected chi connectivity index (χ0v) is 19.0. The summed E-state index contributed by atoms with van der Waals surface area (Å²) >= 11 is 0. The van der Waals surface area contributed by atoms with Gasteiger partial charge in [0.2, 0.25) is 0 Å². The van der Waals surface area contributed by atoms with Gasteiger partial charge in [-0.25, -0.2) is 0 Å². The molecule has 168 valence electrons. The van der Waals surface area contributed by atoms with E-state index in [0.717, 1.165) is 27.8 Å². The molecule has 0 bridgehead atoms. The Bertz CT molecular complexity index is 1040. The molecule has 1 fully saturated rings. The Morgan fingerprint density at radius 1 is 0.969 bits per heavy atom. The van der Waals surface area contributed by atoms with E-state index in [9.17, 15) is 4.79 Å². The third-order valence-electron chi connectivity index (χ3n) is 6.24. The summed E-state index contributed by atoms with van der Waals surface area (Å²) in [5.41, 5.74) is 1.82. The van der Waals surface area contributed by atoms with Crippen LogP contribution in [0, 0.1) is 0 Å². The zero-order chi connectivity index (χ0) is 22.3. The Morgan fingerprint density at radius 3 is 2.34 bits per heavy atom. The fraction of sp³-hybridized carbons (Fsp3) is 0.423. The van der Waals surface area contributed by atoms with Gasteiger partial charge in [0.1, 0.15) is 11.4 Å². The highest BCUT2D eigenvalue weighted by atomic mass is 16.5. The summed E-state index contributed by atoms with van der Waals surface area (Å²) in [5.74, 6) is 1.53. The summed E-state index contributed by atoms with van der Waals surface area (Å²) in [5, 5.41) is 14.9. The molecule has 32 heavy (non-hydrogen) atoms. The van der Waals surface area contributed by atoms with E-state index in [1.54, 1.807) is 4.90 Å². The van der Waals surface area contributed by atoms with E-state index in [2.05, 4.69) is 27.6 Å². The Kier molecular flexibility index (Phi) is 7.20. The number of aromatic nitrogens is 2. The van der Waals surface area contributed by atoms with Crippen molar-refractivity contribution in [3.8, 4) is 17.0 Å². The van der Waals surface area contributed by atoms with Gasteiger partial charge in [0.05, 0.1) is 0 Å². The molecule has 4 rings (SSSR count). The molecule has 6 heteroatoms. The van der Waals surface area contributed by atoms with E-state index in [4.69, 9.17) is 4.74 Å². The summed E-state index contributed by atoms with van der Waals surface area (Å²) in [4.78, 5) is 13.9. The summed E-state index contributed by atoms with van der Waals surface area (Å²) < 4.78 is 5.70. The van der Waals surface area contributed by atoms with Crippen molar-refractivity contribution >= 4 is 22.5 Å². The van der Waals surface area contributed by atoms with Crippen molar-refractivity contribution < 1.29 is 9.53 Å². The number of anilines is 1. The van der Waals surface area contributed by atoms with Gasteiger partial charge in [-0.1, -0.05) is 43.5 Å². The smallest absolute Gasteiger partial charge is 0.260 e. The predicted octanol–water partition coefficient (Wildman–Crippen LogP) is 5.29. The first-order chi connectivity index (χ1) is 15.7. The molecule has 0 atom stereocenters. The SMILES string of the molecule is CCN(CC)C(=O)COc1ccc(-c2nnc(NC3CCCCC3)c3ccccc23)cc1. The van der Waals surface area contributed by atoms with Gasteiger partial charge < -0.3 is 15.0 Å². The third-order valence-corrected chi connectivity index (χ3v) is 6.24. The summed E-state index contributed by atoms with van der Waals surface area (Å²) in [6.45, 7) is 5.37. The van der Waals surface area contributed by atoms with Crippen LogP contribution in [0.3, 0.4) is 0 Å². The van der Waals surface area contributed by atoms with Crippen LogP contribution in [0.4, 0.5) is 5.82 Å². The normalized spacial score (nSPS) is 14.3. The fourth-order valence-electron chi connectivity index (χ4n) is 4.39. The van der Waals surface area contributed by atoms with Crippen molar-refractivity contribution in [2.24, 2.45) is 0 Å². The first-order valence-electron chi connectivity index (χ1n) is 11.7. The summed E-state index contributed by atoms with van der Waals surface area (Å²) in [6, 6.07) is 16.5. The third kappa shape index (κ3) is 5.01. The minimum Gasteiger partial charge on any atom is -0.484 e. The molecule has 0 saturated heterocycles. The van der Waals surface area contributed by atoms with Gasteiger partial charge in [0.25, 0.3) is 5.91 Å². The number of fused-ring (bicyclic) bond motifs is 1. The van der Waals surface area contributed by atoms with Gasteiger partial charge in [0, 0.05) is 35.5 Å². The van der Waals surface area contributed by atoms with Gasteiger partial charge >= 0.3 is 0 Å². The van der Waals surface area contributed by atoms with E-state index < -0.39 is 0 Å². The van der Waals surface area contributed by atoms with E-state index in [1.165, 1.54) is 32.1 Å². The fourth-order valence-corrected chi connectivity index (χ4v) is 4.39. The molecular weight excluding hydrogens is 400 g/mol. The second-order valence-corrected chi connectivity index (χ2v) is 8.30. The molecule has 2 aromatic carbocycles. The van der Waals surface area contributed by atoms with Crippen LogP contribution in [0.5, 0.6) is 5.75 Å². The molecule has 0 spiro atoms. The van der Waals surface area contributed by atoms with Crippen molar-refractivity contribution in [1.82, 2.24) is 15.1 Å². The number of benzene rings is 2. The molecule has 0 aliphatic heterocycles. The highest BCUT2D eigenvalue weighted by Gasteiger charge is 2.17. The Morgan fingerprint density at radius 2 is 1.66 bits per heavy atom. The number of amides is 1. The molecule has 3 aromatic rings. The standard InChI is InChI=1S/C26H32N4O2/c1-3-30(4-2)24(31)18-32-21-16-14-19(15-17-21)25-22-12-8-9-13-23(22)26(29-28-25)27-20-10-6-5-7-11-20/h8-9,12-17,20H,3-7,10-11,18H2,1-2H3,(H,27,29). The lowest BCUT2D eigenvalue weighted by molar-refractivity contribution is -0.132. The van der Waals surface area contributed by atoms with E-state index in [-0.39, 0.29) is 12.5 Å². The van der Waals surface area contributed by atoms with Gasteiger partial charge in [0.15, 0.2) is 12.4 Å². The molecule has 0 unspecified atom stereocenters. The maximum absolute atomic E-state index is 12.2. The van der Waals surface area contributed by atoms with Crippen LogP contribution >= 0.6 is 0 Å². The number of nitrogens with one attached hydrogen (secondary N) is 1. The van der Waals surface area contributed by atoms with Crippen molar-refractivity contribution in [3.63, 3.8) is 0 Å². The molecular formula is C26H32N4O2. The van der Waals surface area contributed by atoms with Gasteiger partial charge in [-0.2, -0.15) is 0 Å². The number of ether oxygens (including phenoxy) is 1. The Balaban J connectivity index is 1.52. The van der Waals surface area contributed by atoms with Crippen molar-refractivity contribution in [1.29, 1.82) is 0 Å². The van der Waals surface area contributed by atoms with E-state index in [1.807, 2.05) is 50.2 Å². The summed E-state index contributed by atoms with van der Waals surface area (Å²) in [7, 11) is 0. The van der Waals surface area contributed by atoms with Crippen LogP contribution < -0.4 is 10.1 Å². The second-order valence-electron chi connectivity index (χ2n) is 8.30. The number of carbonyl (C=O) groups excluding carboxylic acids is 1. The quantitative estimate of drug-likeness (QED) is 0.524. The molecule has 1 saturated carbocycles. The largest absolute Gasteiger partial charge is 0.484 e. The number of nitrogens with zero attached hydrogens (tertiary/aromatic N) is 3. The lowest BCUT2D eigenvalue weighted by atomic mass is 9.95.